The molecule has 0 aliphatic carbocycles. The lowest BCUT2D eigenvalue weighted by Gasteiger charge is -2.17. The van der Waals surface area contributed by atoms with Crippen LogP contribution in [0.1, 0.15) is 5.56 Å². The largest absolute Gasteiger partial charge is 0.378 e. The molecule has 0 N–H and O–H groups in total. The van der Waals surface area contributed by atoms with Gasteiger partial charge >= 0.3 is 0 Å². The summed E-state index contributed by atoms with van der Waals surface area (Å²) in [5, 5.41) is 0. The first-order valence-electron chi connectivity index (χ1n) is 8.19. The van der Waals surface area contributed by atoms with E-state index in [2.05, 4.69) is 0 Å². The van der Waals surface area contributed by atoms with Crippen LogP contribution < -0.4 is 14.7 Å². The van der Waals surface area contributed by atoms with Crippen LogP contribution in [-0.2, 0) is 4.79 Å². The van der Waals surface area contributed by atoms with E-state index < -0.39 is 0 Å². The normalized spacial score (nSPS) is 15.7. The molecule has 0 atom stereocenters. The van der Waals surface area contributed by atoms with E-state index in [9.17, 15) is 4.79 Å². The minimum atomic E-state index is -0.0747. The number of nitrogens with zero attached hydrogens (tertiary/aromatic N) is 3. The summed E-state index contributed by atoms with van der Waals surface area (Å²) in [6, 6.07) is 15.9. The van der Waals surface area contributed by atoms with Crippen molar-refractivity contribution in [1.29, 1.82) is 0 Å². The van der Waals surface area contributed by atoms with Crippen LogP contribution in [0.5, 0.6) is 0 Å². The molecule has 4 nitrogen and oxygen atoms in total. The van der Waals surface area contributed by atoms with Crippen molar-refractivity contribution in [3.05, 3.63) is 59.0 Å². The summed E-state index contributed by atoms with van der Waals surface area (Å²) < 4.78 is 0.559. The fraction of sp³-hybridized carbons (Fsp3) is 0.200. The van der Waals surface area contributed by atoms with E-state index in [0.29, 0.717) is 9.23 Å². The van der Waals surface area contributed by atoms with Gasteiger partial charge in [-0.3, -0.25) is 9.69 Å². The Labute approximate surface area is 164 Å². The van der Waals surface area contributed by atoms with E-state index in [-0.39, 0.29) is 5.91 Å². The second-order valence-electron chi connectivity index (χ2n) is 6.41. The summed E-state index contributed by atoms with van der Waals surface area (Å²) in [6.07, 6.45) is 1.90. The van der Waals surface area contributed by atoms with Crippen LogP contribution in [-0.4, -0.2) is 38.4 Å². The van der Waals surface area contributed by atoms with Crippen molar-refractivity contribution in [3.8, 4) is 0 Å². The van der Waals surface area contributed by atoms with Gasteiger partial charge in [0.25, 0.3) is 5.91 Å². The molecule has 0 radical (unpaired) electrons. The SMILES string of the molecule is CN(C)c1ccc(/C=C2/SC(=S)N(c3ccc(N(C)C)cc3)C2=O)cc1. The summed E-state index contributed by atoms with van der Waals surface area (Å²) >= 11 is 6.78. The van der Waals surface area contributed by atoms with Crippen LogP contribution in [0.4, 0.5) is 17.1 Å². The van der Waals surface area contributed by atoms with Crippen LogP contribution in [0, 0.1) is 0 Å². The zero-order chi connectivity index (χ0) is 18.8. The molecule has 134 valence electrons. The first kappa shape index (κ1) is 18.5. The number of amides is 1. The monoisotopic (exact) mass is 383 g/mol. The van der Waals surface area contributed by atoms with Crippen molar-refractivity contribution in [2.24, 2.45) is 0 Å². The maximum Gasteiger partial charge on any atom is 0.270 e. The molecule has 1 aliphatic heterocycles. The van der Waals surface area contributed by atoms with E-state index in [4.69, 9.17) is 12.2 Å². The van der Waals surface area contributed by atoms with Crippen LogP contribution in [0.25, 0.3) is 6.08 Å². The van der Waals surface area contributed by atoms with Crippen LogP contribution in [0.2, 0.25) is 0 Å². The highest BCUT2D eigenvalue weighted by atomic mass is 32.2. The van der Waals surface area contributed by atoms with Gasteiger partial charge in [-0.15, -0.1) is 0 Å². The molecule has 0 aromatic heterocycles. The van der Waals surface area contributed by atoms with Crippen molar-refractivity contribution >= 4 is 57.3 Å². The topological polar surface area (TPSA) is 26.8 Å². The Morgan fingerprint density at radius 3 is 1.88 bits per heavy atom. The summed E-state index contributed by atoms with van der Waals surface area (Å²) in [5.41, 5.74) is 3.98. The fourth-order valence-corrected chi connectivity index (χ4v) is 3.91. The lowest BCUT2D eigenvalue weighted by atomic mass is 10.2. The maximum absolute atomic E-state index is 12.8. The van der Waals surface area contributed by atoms with Crippen molar-refractivity contribution in [2.45, 2.75) is 0 Å². The Bertz CT molecular complexity index is 856. The molecule has 1 amide bonds. The number of rotatable bonds is 4. The number of hydrogen-bond donors (Lipinski definition) is 0. The van der Waals surface area contributed by atoms with Crippen LogP contribution in [0.3, 0.4) is 0 Å². The molecule has 0 unspecified atom stereocenters. The number of thioether (sulfide) groups is 1. The number of thiocarbonyl (C=S) groups is 1. The van der Waals surface area contributed by atoms with Crippen LogP contribution in [0.15, 0.2) is 53.4 Å². The minimum absolute atomic E-state index is 0.0747. The zero-order valence-corrected chi connectivity index (χ0v) is 16.9. The Hall–Kier alpha value is -2.31. The molecule has 0 saturated carbocycles. The molecular weight excluding hydrogens is 362 g/mol. The second kappa shape index (κ2) is 7.51. The lowest BCUT2D eigenvalue weighted by molar-refractivity contribution is -0.113. The van der Waals surface area contributed by atoms with Gasteiger partial charge in [0.1, 0.15) is 0 Å². The molecule has 2 aromatic rings. The van der Waals surface area contributed by atoms with Crippen molar-refractivity contribution in [3.63, 3.8) is 0 Å². The first-order valence-corrected chi connectivity index (χ1v) is 9.42. The van der Waals surface area contributed by atoms with Gasteiger partial charge in [-0.1, -0.05) is 36.1 Å². The molecule has 1 aliphatic rings. The van der Waals surface area contributed by atoms with E-state index >= 15 is 0 Å². The third-order valence-electron chi connectivity index (χ3n) is 4.13. The quantitative estimate of drug-likeness (QED) is 0.582. The second-order valence-corrected chi connectivity index (χ2v) is 8.09. The van der Waals surface area contributed by atoms with E-state index in [1.165, 1.54) is 11.8 Å². The highest BCUT2D eigenvalue weighted by Gasteiger charge is 2.33. The predicted molar refractivity (Wildman–Crippen MR) is 117 cm³/mol. The van der Waals surface area contributed by atoms with Gasteiger partial charge in [0.15, 0.2) is 4.32 Å². The average Bonchev–Trinajstić information content (AvgIpc) is 2.89. The Kier molecular flexibility index (Phi) is 5.34. The molecule has 6 heteroatoms. The Balaban J connectivity index is 1.84. The molecular formula is C20H21N3OS2. The van der Waals surface area contributed by atoms with E-state index in [1.807, 2.05) is 92.6 Å². The Morgan fingerprint density at radius 1 is 0.885 bits per heavy atom. The first-order chi connectivity index (χ1) is 12.4. The number of benzene rings is 2. The standard InChI is InChI=1S/C20H21N3OS2/c1-21(2)15-7-5-14(6-8-15)13-18-19(24)23(20(25)26-18)17-11-9-16(10-12-17)22(3)4/h5-13H,1-4H3/b18-13+. The molecule has 3 rings (SSSR count). The van der Waals surface area contributed by atoms with Gasteiger partial charge in [-0.2, -0.15) is 0 Å². The molecule has 2 aromatic carbocycles. The van der Waals surface area contributed by atoms with Gasteiger partial charge in [0.2, 0.25) is 0 Å². The van der Waals surface area contributed by atoms with Crippen molar-refractivity contribution in [1.82, 2.24) is 0 Å². The van der Waals surface area contributed by atoms with Crippen molar-refractivity contribution in [2.75, 3.05) is 42.9 Å². The van der Waals surface area contributed by atoms with E-state index in [0.717, 1.165) is 22.6 Å². The number of anilines is 3. The molecule has 26 heavy (non-hydrogen) atoms. The molecule has 0 bridgehead atoms. The summed E-state index contributed by atoms with van der Waals surface area (Å²) in [5.74, 6) is -0.0747. The average molecular weight is 384 g/mol. The summed E-state index contributed by atoms with van der Waals surface area (Å²) in [6.45, 7) is 0. The zero-order valence-electron chi connectivity index (χ0n) is 15.3. The molecule has 1 heterocycles. The third kappa shape index (κ3) is 3.76. The van der Waals surface area contributed by atoms with Crippen molar-refractivity contribution < 1.29 is 4.79 Å². The number of carbonyl (C=O) groups excluding carboxylic acids is 1. The number of carbonyl (C=O) groups is 1. The third-order valence-corrected chi connectivity index (χ3v) is 5.43. The lowest BCUT2D eigenvalue weighted by Crippen LogP contribution is -2.27. The highest BCUT2D eigenvalue weighted by molar-refractivity contribution is 8.27. The predicted octanol–water partition coefficient (Wildman–Crippen LogP) is 4.22. The molecule has 0 spiro atoms. The van der Waals surface area contributed by atoms with Gasteiger partial charge in [-0.25, -0.2) is 0 Å². The highest BCUT2D eigenvalue weighted by Crippen LogP contribution is 2.36. The molecule has 1 fully saturated rings. The number of hydrogen-bond acceptors (Lipinski definition) is 5. The molecule has 1 saturated heterocycles. The smallest absolute Gasteiger partial charge is 0.270 e. The summed E-state index contributed by atoms with van der Waals surface area (Å²) in [4.78, 5) is 19.1. The van der Waals surface area contributed by atoms with E-state index in [1.54, 1.807) is 4.90 Å². The minimum Gasteiger partial charge on any atom is -0.378 e. The fourth-order valence-electron chi connectivity index (χ4n) is 2.61. The van der Waals surface area contributed by atoms with Gasteiger partial charge in [-0.05, 0) is 48.0 Å². The van der Waals surface area contributed by atoms with Crippen LogP contribution >= 0.6 is 24.0 Å². The van der Waals surface area contributed by atoms with Gasteiger partial charge in [0, 0.05) is 39.6 Å². The summed E-state index contributed by atoms with van der Waals surface area (Å²) in [7, 11) is 7.97. The Morgan fingerprint density at radius 2 is 1.38 bits per heavy atom. The maximum atomic E-state index is 12.8. The van der Waals surface area contributed by atoms with Gasteiger partial charge < -0.3 is 9.80 Å². The van der Waals surface area contributed by atoms with Gasteiger partial charge in [0.05, 0.1) is 10.6 Å².